The highest BCUT2D eigenvalue weighted by atomic mass is 16.5. The van der Waals surface area contributed by atoms with E-state index in [0.29, 0.717) is 30.5 Å². The Morgan fingerprint density at radius 2 is 1.77 bits per heavy atom. The standard InChI is InChI=1S/C19H18N6O/c1-2-14-8-10-16(11-9-14)19-21-24-25(22-19)13-18-20-17(23-26-18)12-15-6-4-3-5-7-15/h3-11H,2,12-13H2,1H3. The second-order valence-corrected chi connectivity index (χ2v) is 5.96. The van der Waals surface area contributed by atoms with Gasteiger partial charge in [-0.3, -0.25) is 0 Å². The van der Waals surface area contributed by atoms with Crippen LogP contribution >= 0.6 is 0 Å². The van der Waals surface area contributed by atoms with Crippen molar-refractivity contribution in [2.75, 3.05) is 0 Å². The van der Waals surface area contributed by atoms with Gasteiger partial charge in [-0.05, 0) is 22.8 Å². The van der Waals surface area contributed by atoms with E-state index in [1.165, 1.54) is 10.4 Å². The topological polar surface area (TPSA) is 82.5 Å². The van der Waals surface area contributed by atoms with Crippen molar-refractivity contribution in [1.82, 2.24) is 30.3 Å². The largest absolute Gasteiger partial charge is 0.337 e. The summed E-state index contributed by atoms with van der Waals surface area (Å²) >= 11 is 0. The first-order valence-electron chi connectivity index (χ1n) is 8.52. The lowest BCUT2D eigenvalue weighted by Gasteiger charge is -1.97. The van der Waals surface area contributed by atoms with Crippen LogP contribution in [-0.4, -0.2) is 30.3 Å². The Bertz CT molecular complexity index is 975. The molecule has 2 aromatic carbocycles. The lowest BCUT2D eigenvalue weighted by Crippen LogP contribution is -2.04. The molecular formula is C19H18N6O. The van der Waals surface area contributed by atoms with Gasteiger partial charge in [0.1, 0.15) is 6.54 Å². The van der Waals surface area contributed by atoms with Crippen LogP contribution in [0.25, 0.3) is 11.4 Å². The molecule has 4 rings (SSSR count). The third-order valence-electron chi connectivity index (χ3n) is 4.07. The fourth-order valence-corrected chi connectivity index (χ4v) is 2.64. The summed E-state index contributed by atoms with van der Waals surface area (Å²) in [6.45, 7) is 2.42. The molecule has 26 heavy (non-hydrogen) atoms. The van der Waals surface area contributed by atoms with Gasteiger partial charge in [-0.25, -0.2) is 0 Å². The van der Waals surface area contributed by atoms with E-state index in [-0.39, 0.29) is 0 Å². The summed E-state index contributed by atoms with van der Waals surface area (Å²) in [5.41, 5.74) is 3.35. The van der Waals surface area contributed by atoms with Gasteiger partial charge in [-0.1, -0.05) is 66.7 Å². The molecule has 0 amide bonds. The molecule has 0 spiro atoms. The molecule has 2 aromatic heterocycles. The molecule has 0 saturated carbocycles. The Morgan fingerprint density at radius 3 is 2.54 bits per heavy atom. The van der Waals surface area contributed by atoms with E-state index >= 15 is 0 Å². The van der Waals surface area contributed by atoms with E-state index in [9.17, 15) is 0 Å². The van der Waals surface area contributed by atoms with Crippen LogP contribution < -0.4 is 0 Å². The SMILES string of the molecule is CCc1ccc(-c2nnn(Cc3nc(Cc4ccccc4)no3)n2)cc1. The number of aryl methyl sites for hydroxylation is 1. The number of hydrogen-bond donors (Lipinski definition) is 0. The van der Waals surface area contributed by atoms with Gasteiger partial charge in [-0.15, -0.1) is 10.2 Å². The number of rotatable bonds is 6. The summed E-state index contributed by atoms with van der Waals surface area (Å²) in [7, 11) is 0. The molecule has 7 heteroatoms. The number of tetrazole rings is 1. The molecule has 0 bridgehead atoms. The minimum Gasteiger partial charge on any atom is -0.337 e. The minimum atomic E-state index is 0.293. The number of hydrogen-bond acceptors (Lipinski definition) is 6. The van der Waals surface area contributed by atoms with Crippen molar-refractivity contribution in [1.29, 1.82) is 0 Å². The summed E-state index contributed by atoms with van der Waals surface area (Å²) in [6.07, 6.45) is 1.63. The highest BCUT2D eigenvalue weighted by molar-refractivity contribution is 5.54. The molecular weight excluding hydrogens is 328 g/mol. The molecule has 0 aliphatic carbocycles. The summed E-state index contributed by atoms with van der Waals surface area (Å²) in [5, 5.41) is 16.6. The molecule has 0 aliphatic heterocycles. The lowest BCUT2D eigenvalue weighted by atomic mass is 10.1. The van der Waals surface area contributed by atoms with Crippen molar-refractivity contribution in [3.05, 3.63) is 77.4 Å². The van der Waals surface area contributed by atoms with Crippen LogP contribution in [0.3, 0.4) is 0 Å². The zero-order valence-electron chi connectivity index (χ0n) is 14.4. The maximum atomic E-state index is 5.30. The molecule has 0 N–H and O–H groups in total. The number of benzene rings is 2. The van der Waals surface area contributed by atoms with Crippen molar-refractivity contribution < 1.29 is 4.52 Å². The van der Waals surface area contributed by atoms with Crippen molar-refractivity contribution >= 4 is 0 Å². The van der Waals surface area contributed by atoms with Gasteiger partial charge in [-0.2, -0.15) is 9.78 Å². The predicted molar refractivity (Wildman–Crippen MR) is 95.3 cm³/mol. The zero-order chi connectivity index (χ0) is 17.8. The first kappa shape index (κ1) is 16.1. The third kappa shape index (κ3) is 3.66. The maximum absolute atomic E-state index is 5.30. The summed E-state index contributed by atoms with van der Waals surface area (Å²) in [6, 6.07) is 18.2. The van der Waals surface area contributed by atoms with Crippen LogP contribution in [0.1, 0.15) is 29.8 Å². The van der Waals surface area contributed by atoms with Gasteiger partial charge in [0, 0.05) is 12.0 Å². The lowest BCUT2D eigenvalue weighted by molar-refractivity contribution is 0.353. The van der Waals surface area contributed by atoms with Crippen molar-refractivity contribution in [2.24, 2.45) is 0 Å². The van der Waals surface area contributed by atoms with Crippen LogP contribution in [0.4, 0.5) is 0 Å². The summed E-state index contributed by atoms with van der Waals surface area (Å²) in [4.78, 5) is 5.86. The highest BCUT2D eigenvalue weighted by Gasteiger charge is 2.11. The molecule has 7 nitrogen and oxygen atoms in total. The third-order valence-corrected chi connectivity index (χ3v) is 4.07. The Balaban J connectivity index is 1.44. The van der Waals surface area contributed by atoms with E-state index in [4.69, 9.17) is 4.52 Å². The van der Waals surface area contributed by atoms with Crippen molar-refractivity contribution in [2.45, 2.75) is 26.3 Å². The van der Waals surface area contributed by atoms with Gasteiger partial charge in [0.2, 0.25) is 11.7 Å². The van der Waals surface area contributed by atoms with Crippen LogP contribution in [0, 0.1) is 0 Å². The predicted octanol–water partition coefficient (Wildman–Crippen LogP) is 2.92. The highest BCUT2D eigenvalue weighted by Crippen LogP contribution is 2.15. The fourth-order valence-electron chi connectivity index (χ4n) is 2.64. The number of nitrogens with zero attached hydrogens (tertiary/aromatic N) is 6. The van der Waals surface area contributed by atoms with Crippen LogP contribution in [-0.2, 0) is 19.4 Å². The van der Waals surface area contributed by atoms with Crippen LogP contribution in [0.5, 0.6) is 0 Å². The van der Waals surface area contributed by atoms with Crippen molar-refractivity contribution in [3.8, 4) is 11.4 Å². The average Bonchev–Trinajstić information content (AvgIpc) is 3.33. The van der Waals surface area contributed by atoms with E-state index in [1.807, 2.05) is 42.5 Å². The van der Waals surface area contributed by atoms with E-state index in [0.717, 1.165) is 17.5 Å². The van der Waals surface area contributed by atoms with Gasteiger partial charge in [0.25, 0.3) is 0 Å². The Labute approximate surface area is 150 Å². The quantitative estimate of drug-likeness (QED) is 0.534. The molecule has 0 radical (unpaired) electrons. The Hall–Kier alpha value is -3.35. The number of aromatic nitrogens is 6. The van der Waals surface area contributed by atoms with Gasteiger partial charge in [0.15, 0.2) is 5.82 Å². The summed E-state index contributed by atoms with van der Waals surface area (Å²) < 4.78 is 5.30. The monoisotopic (exact) mass is 346 g/mol. The first-order chi connectivity index (χ1) is 12.8. The molecule has 0 unspecified atom stereocenters. The maximum Gasteiger partial charge on any atom is 0.250 e. The van der Waals surface area contributed by atoms with Crippen LogP contribution in [0.15, 0.2) is 59.1 Å². The smallest absolute Gasteiger partial charge is 0.250 e. The molecule has 4 aromatic rings. The first-order valence-corrected chi connectivity index (χ1v) is 8.52. The normalized spacial score (nSPS) is 11.0. The second kappa shape index (κ2) is 7.26. The van der Waals surface area contributed by atoms with E-state index in [1.54, 1.807) is 0 Å². The Kier molecular flexibility index (Phi) is 4.51. The van der Waals surface area contributed by atoms with Gasteiger partial charge >= 0.3 is 0 Å². The fraction of sp³-hybridized carbons (Fsp3) is 0.211. The average molecular weight is 346 g/mol. The van der Waals surface area contributed by atoms with Crippen LogP contribution in [0.2, 0.25) is 0 Å². The van der Waals surface area contributed by atoms with E-state index < -0.39 is 0 Å². The van der Waals surface area contributed by atoms with E-state index in [2.05, 4.69) is 44.6 Å². The molecule has 0 saturated heterocycles. The minimum absolute atomic E-state index is 0.293. The van der Waals surface area contributed by atoms with Gasteiger partial charge < -0.3 is 4.52 Å². The molecule has 2 heterocycles. The molecule has 0 fully saturated rings. The van der Waals surface area contributed by atoms with Gasteiger partial charge in [0.05, 0.1) is 0 Å². The Morgan fingerprint density at radius 1 is 0.962 bits per heavy atom. The second-order valence-electron chi connectivity index (χ2n) is 5.96. The molecule has 0 aliphatic rings. The summed E-state index contributed by atoms with van der Waals surface area (Å²) in [5.74, 6) is 1.68. The zero-order valence-corrected chi connectivity index (χ0v) is 14.4. The van der Waals surface area contributed by atoms with Crippen molar-refractivity contribution in [3.63, 3.8) is 0 Å². The molecule has 0 atom stereocenters. The molecule has 130 valence electrons.